The summed E-state index contributed by atoms with van der Waals surface area (Å²) in [5.41, 5.74) is -0.0830. The molecule has 0 aliphatic rings. The van der Waals surface area contributed by atoms with Crippen molar-refractivity contribution in [2.75, 3.05) is 13.4 Å². The van der Waals surface area contributed by atoms with Gasteiger partial charge >= 0.3 is 0 Å². The zero-order valence-corrected chi connectivity index (χ0v) is 17.8. The first-order chi connectivity index (χ1) is 14.1. The van der Waals surface area contributed by atoms with Crippen molar-refractivity contribution >= 4 is 15.6 Å². The Balaban J connectivity index is 2.29. The molecule has 3 aromatic rings. The summed E-state index contributed by atoms with van der Waals surface area (Å²) in [6.07, 6.45) is 2.33. The Morgan fingerprint density at radius 3 is 2.43 bits per heavy atom. The van der Waals surface area contributed by atoms with E-state index in [4.69, 9.17) is 4.74 Å². The lowest BCUT2D eigenvalue weighted by atomic mass is 9.92. The molecule has 1 N–H and O–H groups in total. The van der Waals surface area contributed by atoms with Crippen LogP contribution in [0, 0.1) is 12.7 Å². The highest BCUT2D eigenvalue weighted by Crippen LogP contribution is 2.36. The van der Waals surface area contributed by atoms with E-state index in [0.29, 0.717) is 6.54 Å². The molecule has 0 radical (unpaired) electrons. The van der Waals surface area contributed by atoms with E-state index in [-0.39, 0.29) is 38.5 Å². The maximum Gasteiger partial charge on any atom is 0.277 e. The van der Waals surface area contributed by atoms with Crippen molar-refractivity contribution in [1.29, 1.82) is 0 Å². The van der Waals surface area contributed by atoms with Crippen LogP contribution in [-0.4, -0.2) is 37.3 Å². The topological polar surface area (TPSA) is 98.2 Å². The van der Waals surface area contributed by atoms with Gasteiger partial charge in [-0.1, -0.05) is 0 Å². The molecule has 0 aliphatic heterocycles. The molecule has 0 saturated heterocycles. The van der Waals surface area contributed by atoms with E-state index >= 15 is 0 Å². The summed E-state index contributed by atoms with van der Waals surface area (Å²) in [6, 6.07) is 6.66. The number of methoxy groups -OCH3 is 1. The lowest BCUT2D eigenvalue weighted by Crippen LogP contribution is -2.21. The molecule has 0 bridgehead atoms. The molecular formula is C21H21FN2O5S. The minimum absolute atomic E-state index is 0.0170. The number of halogens is 1. The van der Waals surface area contributed by atoms with Crippen LogP contribution in [0.4, 0.5) is 4.39 Å². The molecule has 0 unspecified atom stereocenters. The lowest BCUT2D eigenvalue weighted by Gasteiger charge is -2.16. The normalized spacial score (nSPS) is 11.5. The largest absolute Gasteiger partial charge is 0.497 e. The van der Waals surface area contributed by atoms with E-state index in [2.05, 4.69) is 5.10 Å². The molecule has 0 aliphatic carbocycles. The molecule has 3 rings (SSSR count). The standard InChI is InChI=1S/C21H21FN2O5S/c1-5-24-21(26)16(11-23-24)20(25)14-8-9-18(30(4,27)28)19(12(14)2)15-7-6-13(29-3)10-17(15)22/h6-11,23H,5H2,1-4H3. The van der Waals surface area contributed by atoms with Crippen LogP contribution < -0.4 is 10.3 Å². The number of aromatic nitrogens is 2. The Labute approximate surface area is 173 Å². The van der Waals surface area contributed by atoms with Gasteiger partial charge in [0.2, 0.25) is 0 Å². The van der Waals surface area contributed by atoms with E-state index in [0.717, 1.165) is 12.3 Å². The van der Waals surface area contributed by atoms with Gasteiger partial charge in [0.25, 0.3) is 5.56 Å². The van der Waals surface area contributed by atoms with E-state index in [1.165, 1.54) is 49.2 Å². The Morgan fingerprint density at radius 2 is 1.90 bits per heavy atom. The summed E-state index contributed by atoms with van der Waals surface area (Å²) in [4.78, 5) is 25.3. The van der Waals surface area contributed by atoms with Crippen LogP contribution in [0.25, 0.3) is 11.1 Å². The second-order valence-corrected chi connectivity index (χ2v) is 8.78. The van der Waals surface area contributed by atoms with E-state index in [1.807, 2.05) is 0 Å². The number of nitrogens with zero attached hydrogens (tertiary/aromatic N) is 1. The van der Waals surface area contributed by atoms with Gasteiger partial charge in [-0.15, -0.1) is 0 Å². The fourth-order valence-corrected chi connectivity index (χ4v) is 4.30. The summed E-state index contributed by atoms with van der Waals surface area (Å²) >= 11 is 0. The number of hydrogen-bond donors (Lipinski definition) is 1. The van der Waals surface area contributed by atoms with Gasteiger partial charge in [0, 0.05) is 41.8 Å². The summed E-state index contributed by atoms with van der Waals surface area (Å²) in [6.45, 7) is 3.65. The molecule has 30 heavy (non-hydrogen) atoms. The Kier molecular flexibility index (Phi) is 5.67. The maximum atomic E-state index is 14.8. The number of hydrogen-bond acceptors (Lipinski definition) is 5. The maximum absolute atomic E-state index is 14.8. The quantitative estimate of drug-likeness (QED) is 0.604. The number of rotatable bonds is 6. The van der Waals surface area contributed by atoms with Crippen LogP contribution in [0.1, 0.15) is 28.4 Å². The van der Waals surface area contributed by atoms with Crippen LogP contribution in [0.3, 0.4) is 0 Å². The first-order valence-electron chi connectivity index (χ1n) is 9.10. The average molecular weight is 432 g/mol. The minimum Gasteiger partial charge on any atom is -0.497 e. The van der Waals surface area contributed by atoms with Crippen LogP contribution in [-0.2, 0) is 16.4 Å². The number of aromatic amines is 1. The molecule has 1 aromatic heterocycles. The number of H-pyrrole nitrogens is 1. The molecule has 9 heteroatoms. The van der Waals surface area contributed by atoms with Crippen LogP contribution >= 0.6 is 0 Å². The molecule has 158 valence electrons. The second-order valence-electron chi connectivity index (χ2n) is 6.79. The molecule has 0 saturated carbocycles. The summed E-state index contributed by atoms with van der Waals surface area (Å²) in [5, 5.41) is 2.71. The smallest absolute Gasteiger partial charge is 0.277 e. The third kappa shape index (κ3) is 3.68. The molecule has 7 nitrogen and oxygen atoms in total. The van der Waals surface area contributed by atoms with Gasteiger partial charge < -0.3 is 9.84 Å². The molecule has 1 heterocycles. The second kappa shape index (κ2) is 7.91. The predicted molar refractivity (Wildman–Crippen MR) is 110 cm³/mol. The van der Waals surface area contributed by atoms with Crippen LogP contribution in [0.15, 0.2) is 46.2 Å². The van der Waals surface area contributed by atoms with E-state index in [1.54, 1.807) is 6.92 Å². The number of benzene rings is 2. The summed E-state index contributed by atoms with van der Waals surface area (Å²) in [5.74, 6) is -0.993. The first-order valence-corrected chi connectivity index (χ1v) is 11.0. The number of nitrogens with one attached hydrogen (secondary N) is 1. The zero-order valence-electron chi connectivity index (χ0n) is 16.9. The number of sulfone groups is 1. The molecule has 0 fully saturated rings. The van der Waals surface area contributed by atoms with Crippen molar-refractivity contribution in [3.8, 4) is 16.9 Å². The number of carbonyl (C=O) groups is 1. The SMILES string of the molecule is CCn1[nH]cc(C(=O)c2ccc(S(C)(=O)=O)c(-c3ccc(OC)cc3F)c2C)c1=O. The van der Waals surface area contributed by atoms with Gasteiger partial charge in [-0.05, 0) is 43.7 Å². The van der Waals surface area contributed by atoms with E-state index in [9.17, 15) is 22.4 Å². The fourth-order valence-electron chi connectivity index (χ4n) is 3.35. The minimum atomic E-state index is -3.73. The molecule has 0 amide bonds. The molecule has 0 atom stereocenters. The van der Waals surface area contributed by atoms with Crippen molar-refractivity contribution < 1.29 is 22.3 Å². The highest BCUT2D eigenvalue weighted by molar-refractivity contribution is 7.90. The highest BCUT2D eigenvalue weighted by Gasteiger charge is 2.25. The number of aryl methyl sites for hydroxylation is 1. The monoisotopic (exact) mass is 432 g/mol. The van der Waals surface area contributed by atoms with Crippen molar-refractivity contribution in [3.63, 3.8) is 0 Å². The van der Waals surface area contributed by atoms with Gasteiger partial charge in [-0.2, -0.15) is 0 Å². The van der Waals surface area contributed by atoms with E-state index < -0.39 is 27.0 Å². The molecular weight excluding hydrogens is 411 g/mol. The van der Waals surface area contributed by atoms with Crippen LogP contribution in [0.5, 0.6) is 5.75 Å². The Hall–Kier alpha value is -3.20. The number of ketones is 1. The third-order valence-corrected chi connectivity index (χ3v) is 6.06. The molecule has 0 spiro atoms. The van der Waals surface area contributed by atoms with Crippen molar-refractivity contribution in [2.45, 2.75) is 25.3 Å². The Bertz CT molecular complexity index is 1310. The van der Waals surface area contributed by atoms with Crippen molar-refractivity contribution in [3.05, 3.63) is 69.4 Å². The molecule has 2 aromatic carbocycles. The van der Waals surface area contributed by atoms with Gasteiger partial charge in [-0.3, -0.25) is 14.3 Å². The third-order valence-electron chi connectivity index (χ3n) is 4.92. The summed E-state index contributed by atoms with van der Waals surface area (Å²) < 4.78 is 45.8. The highest BCUT2D eigenvalue weighted by atomic mass is 32.2. The van der Waals surface area contributed by atoms with Crippen molar-refractivity contribution in [2.24, 2.45) is 0 Å². The van der Waals surface area contributed by atoms with Crippen molar-refractivity contribution in [1.82, 2.24) is 9.78 Å². The fraction of sp³-hybridized carbons (Fsp3) is 0.238. The number of ether oxygens (including phenoxy) is 1. The van der Waals surface area contributed by atoms with Gasteiger partial charge in [-0.25, -0.2) is 12.8 Å². The summed E-state index contributed by atoms with van der Waals surface area (Å²) in [7, 11) is -2.34. The van der Waals surface area contributed by atoms with Gasteiger partial charge in [0.1, 0.15) is 17.1 Å². The zero-order chi connectivity index (χ0) is 22.2. The average Bonchev–Trinajstić information content (AvgIpc) is 3.07. The van der Waals surface area contributed by atoms with Gasteiger partial charge in [0.15, 0.2) is 15.6 Å². The lowest BCUT2D eigenvalue weighted by molar-refractivity contribution is 0.103. The first kappa shape index (κ1) is 21.5. The Morgan fingerprint density at radius 1 is 1.20 bits per heavy atom. The van der Waals surface area contributed by atoms with Gasteiger partial charge in [0.05, 0.1) is 12.0 Å². The van der Waals surface area contributed by atoms with Crippen LogP contribution in [0.2, 0.25) is 0 Å². The number of carbonyl (C=O) groups excluding carboxylic acids is 1. The predicted octanol–water partition coefficient (Wildman–Crippen LogP) is 2.95.